The highest BCUT2D eigenvalue weighted by molar-refractivity contribution is 5.95. The molecule has 0 aliphatic rings. The molecule has 0 aliphatic carbocycles. The average molecular weight is 194 g/mol. The van der Waals surface area contributed by atoms with Crippen LogP contribution >= 0.6 is 0 Å². The normalized spacial score (nSPS) is 10.7. The van der Waals surface area contributed by atoms with Gasteiger partial charge >= 0.3 is 5.97 Å². The van der Waals surface area contributed by atoms with E-state index in [4.69, 9.17) is 9.52 Å². The summed E-state index contributed by atoms with van der Waals surface area (Å²) in [5, 5.41) is 8.36. The molecule has 0 aromatic carbocycles. The maximum absolute atomic E-state index is 11.0. The van der Waals surface area contributed by atoms with E-state index in [0.717, 1.165) is 6.08 Å². The fraction of sp³-hybridized carbons (Fsp3) is 0.200. The van der Waals surface area contributed by atoms with Crippen LogP contribution in [0.15, 0.2) is 16.6 Å². The predicted molar refractivity (Wildman–Crippen MR) is 50.1 cm³/mol. The van der Waals surface area contributed by atoms with Crippen LogP contribution in [0.4, 0.5) is 0 Å². The number of hydrogen-bond donors (Lipinski definition) is 1. The number of rotatable bonds is 3. The summed E-state index contributed by atoms with van der Waals surface area (Å²) in [5.41, 5.74) is 0.482. The van der Waals surface area contributed by atoms with Gasteiger partial charge in [0.15, 0.2) is 5.78 Å². The maximum atomic E-state index is 11.0. The van der Waals surface area contributed by atoms with Crippen molar-refractivity contribution >= 4 is 17.8 Å². The van der Waals surface area contributed by atoms with Gasteiger partial charge in [0.1, 0.15) is 11.5 Å². The molecule has 0 saturated carbocycles. The van der Waals surface area contributed by atoms with Gasteiger partial charge in [-0.05, 0) is 26.0 Å². The smallest absolute Gasteiger partial charge is 0.328 e. The van der Waals surface area contributed by atoms with Crippen molar-refractivity contribution in [2.24, 2.45) is 0 Å². The van der Waals surface area contributed by atoms with Crippen molar-refractivity contribution in [1.82, 2.24) is 0 Å². The molecule has 4 nitrogen and oxygen atoms in total. The highest BCUT2D eigenvalue weighted by atomic mass is 16.4. The Labute approximate surface area is 80.8 Å². The summed E-state index contributed by atoms with van der Waals surface area (Å²) in [7, 11) is 0. The molecule has 1 N–H and O–H groups in total. The fourth-order valence-corrected chi connectivity index (χ4v) is 1.09. The van der Waals surface area contributed by atoms with Crippen LogP contribution in [0.25, 0.3) is 6.08 Å². The van der Waals surface area contributed by atoms with Gasteiger partial charge in [-0.2, -0.15) is 0 Å². The van der Waals surface area contributed by atoms with E-state index in [0.29, 0.717) is 17.1 Å². The van der Waals surface area contributed by atoms with Gasteiger partial charge in [0.05, 0.1) is 5.56 Å². The molecule has 0 saturated heterocycles. The second-order valence-electron chi connectivity index (χ2n) is 2.85. The summed E-state index contributed by atoms with van der Waals surface area (Å²) >= 11 is 0. The monoisotopic (exact) mass is 194 g/mol. The van der Waals surface area contributed by atoms with Gasteiger partial charge in [-0.1, -0.05) is 0 Å². The van der Waals surface area contributed by atoms with E-state index in [1.807, 2.05) is 0 Å². The molecule has 0 unspecified atom stereocenters. The summed E-state index contributed by atoms with van der Waals surface area (Å²) in [6.07, 6.45) is 2.27. The summed E-state index contributed by atoms with van der Waals surface area (Å²) in [6, 6.07) is 1.52. The Morgan fingerprint density at radius 2 is 2.14 bits per heavy atom. The predicted octanol–water partition coefficient (Wildman–Crippen LogP) is 1.89. The third kappa shape index (κ3) is 2.32. The van der Waals surface area contributed by atoms with Crippen LogP contribution in [0.3, 0.4) is 0 Å². The van der Waals surface area contributed by atoms with Gasteiger partial charge in [0.25, 0.3) is 0 Å². The number of carbonyl (C=O) groups is 2. The van der Waals surface area contributed by atoms with Gasteiger partial charge in [0, 0.05) is 6.08 Å². The first-order chi connectivity index (χ1) is 6.50. The van der Waals surface area contributed by atoms with E-state index in [-0.39, 0.29) is 5.78 Å². The molecule has 0 fully saturated rings. The van der Waals surface area contributed by atoms with Crippen LogP contribution in [-0.4, -0.2) is 16.9 Å². The number of carboxylic acid groups (broad SMARTS) is 1. The van der Waals surface area contributed by atoms with Crippen LogP contribution in [0.2, 0.25) is 0 Å². The Bertz CT molecular complexity index is 398. The quantitative estimate of drug-likeness (QED) is 0.589. The van der Waals surface area contributed by atoms with Gasteiger partial charge in [-0.3, -0.25) is 4.79 Å². The number of aryl methyl sites for hydroxylation is 1. The zero-order valence-corrected chi connectivity index (χ0v) is 7.90. The number of ketones is 1. The molecule has 0 atom stereocenters. The molecule has 0 amide bonds. The Hall–Kier alpha value is -1.84. The largest absolute Gasteiger partial charge is 0.478 e. The zero-order chi connectivity index (χ0) is 10.7. The minimum atomic E-state index is -1.05. The molecule has 74 valence electrons. The lowest BCUT2D eigenvalue weighted by molar-refractivity contribution is -0.131. The van der Waals surface area contributed by atoms with E-state index in [1.165, 1.54) is 19.1 Å². The number of furan rings is 1. The highest BCUT2D eigenvalue weighted by Crippen LogP contribution is 2.16. The highest BCUT2D eigenvalue weighted by Gasteiger charge is 2.09. The van der Waals surface area contributed by atoms with Gasteiger partial charge in [-0.15, -0.1) is 0 Å². The number of Topliss-reactive ketones (excluding diaryl/α,β-unsaturated/α-hetero) is 1. The first-order valence-corrected chi connectivity index (χ1v) is 4.03. The van der Waals surface area contributed by atoms with E-state index < -0.39 is 5.97 Å². The molecular formula is C10H10O4. The van der Waals surface area contributed by atoms with Crippen LogP contribution in [0.1, 0.15) is 28.8 Å². The molecule has 1 aromatic heterocycles. The standard InChI is InChI=1S/C10H10O4/c1-6(11)9-5-8(14-7(9)2)3-4-10(12)13/h3-5H,1-2H3,(H,12,13)/b4-3+. The Balaban J connectivity index is 2.97. The van der Waals surface area contributed by atoms with Crippen LogP contribution in [-0.2, 0) is 4.79 Å². The second kappa shape index (κ2) is 3.91. The summed E-state index contributed by atoms with van der Waals surface area (Å²) in [6.45, 7) is 3.09. The minimum Gasteiger partial charge on any atom is -0.478 e. The molecule has 0 aliphatic heterocycles. The number of aliphatic carboxylic acids is 1. The van der Waals surface area contributed by atoms with Crippen molar-refractivity contribution in [3.8, 4) is 0 Å². The molecule has 1 heterocycles. The van der Waals surface area contributed by atoms with Gasteiger partial charge in [0.2, 0.25) is 0 Å². The first kappa shape index (κ1) is 10.2. The van der Waals surface area contributed by atoms with Crippen molar-refractivity contribution in [2.45, 2.75) is 13.8 Å². The summed E-state index contributed by atoms with van der Waals surface area (Å²) in [5.74, 6) is -0.276. The van der Waals surface area contributed by atoms with E-state index >= 15 is 0 Å². The Kier molecular flexibility index (Phi) is 2.86. The number of carboxylic acids is 1. The van der Waals surface area contributed by atoms with Gasteiger partial charge in [-0.25, -0.2) is 4.79 Å². The minimum absolute atomic E-state index is 0.0961. The second-order valence-corrected chi connectivity index (χ2v) is 2.85. The van der Waals surface area contributed by atoms with Crippen LogP contribution in [0, 0.1) is 6.92 Å². The average Bonchev–Trinajstić information content (AvgIpc) is 2.43. The Morgan fingerprint density at radius 1 is 1.50 bits per heavy atom. The molecule has 14 heavy (non-hydrogen) atoms. The topological polar surface area (TPSA) is 67.5 Å². The SMILES string of the molecule is CC(=O)c1cc(/C=C/C(=O)O)oc1C. The van der Waals surface area contributed by atoms with Crippen LogP contribution < -0.4 is 0 Å². The van der Waals surface area contributed by atoms with Crippen molar-refractivity contribution in [2.75, 3.05) is 0 Å². The van der Waals surface area contributed by atoms with E-state index in [9.17, 15) is 9.59 Å². The van der Waals surface area contributed by atoms with Crippen molar-refractivity contribution in [3.05, 3.63) is 29.2 Å². The first-order valence-electron chi connectivity index (χ1n) is 4.03. The lowest BCUT2D eigenvalue weighted by Crippen LogP contribution is -1.90. The molecule has 1 aromatic rings. The maximum Gasteiger partial charge on any atom is 0.328 e. The van der Waals surface area contributed by atoms with Crippen LogP contribution in [0.5, 0.6) is 0 Å². The third-order valence-electron chi connectivity index (χ3n) is 1.71. The summed E-state index contributed by atoms with van der Waals surface area (Å²) in [4.78, 5) is 21.2. The Morgan fingerprint density at radius 3 is 2.57 bits per heavy atom. The van der Waals surface area contributed by atoms with Crippen molar-refractivity contribution in [1.29, 1.82) is 0 Å². The third-order valence-corrected chi connectivity index (χ3v) is 1.71. The lowest BCUT2D eigenvalue weighted by Gasteiger charge is -1.86. The van der Waals surface area contributed by atoms with Gasteiger partial charge < -0.3 is 9.52 Å². The zero-order valence-electron chi connectivity index (χ0n) is 7.90. The molecular weight excluding hydrogens is 184 g/mol. The molecule has 0 bridgehead atoms. The molecule has 0 spiro atoms. The molecule has 1 rings (SSSR count). The fourth-order valence-electron chi connectivity index (χ4n) is 1.09. The molecule has 0 radical (unpaired) electrons. The number of carbonyl (C=O) groups excluding carboxylic acids is 1. The summed E-state index contributed by atoms with van der Waals surface area (Å²) < 4.78 is 5.16. The van der Waals surface area contributed by atoms with E-state index in [1.54, 1.807) is 6.92 Å². The van der Waals surface area contributed by atoms with Crippen molar-refractivity contribution < 1.29 is 19.1 Å². The van der Waals surface area contributed by atoms with Crippen molar-refractivity contribution in [3.63, 3.8) is 0 Å². The lowest BCUT2D eigenvalue weighted by atomic mass is 10.2. The number of hydrogen-bond acceptors (Lipinski definition) is 3. The van der Waals surface area contributed by atoms with E-state index in [2.05, 4.69) is 0 Å². The molecule has 4 heteroatoms.